The summed E-state index contributed by atoms with van der Waals surface area (Å²) >= 11 is 7.77. The number of amides is 1. The van der Waals surface area contributed by atoms with Crippen LogP contribution in [0.2, 0.25) is 5.02 Å². The van der Waals surface area contributed by atoms with Gasteiger partial charge in [0.2, 0.25) is 6.41 Å². The highest BCUT2D eigenvalue weighted by atomic mass is 35.5. The molecule has 1 heterocycles. The standard InChI is InChI=1S/C28H24ClF3N6O2S/c29-19-9-10-22(26(35-12-23(31)32)25(19)27(33)37-41-16-6-7-16)38-24(13-34-14-39)36-21-11-15(5-8-18(21)28(38)40)17-3-1-2-4-20(17)30/h1-5,8-11,14,16,23,35H,6-7,12-13H2,(H2,33,37)(H,34,39). The Labute approximate surface area is 242 Å². The quantitative estimate of drug-likeness (QED) is 0.0934. The summed E-state index contributed by atoms with van der Waals surface area (Å²) in [5.41, 5.74) is 7.18. The van der Waals surface area contributed by atoms with Crippen LogP contribution in [0.4, 0.5) is 18.9 Å². The Morgan fingerprint density at radius 2 is 2.00 bits per heavy atom. The van der Waals surface area contributed by atoms with E-state index in [1.54, 1.807) is 30.3 Å². The van der Waals surface area contributed by atoms with E-state index < -0.39 is 24.3 Å². The Morgan fingerprint density at radius 1 is 1.22 bits per heavy atom. The second-order valence-electron chi connectivity index (χ2n) is 9.25. The van der Waals surface area contributed by atoms with Crippen molar-refractivity contribution >= 4 is 52.4 Å². The van der Waals surface area contributed by atoms with Crippen LogP contribution in [0.25, 0.3) is 27.7 Å². The maximum Gasteiger partial charge on any atom is 0.266 e. The molecular weight excluding hydrogens is 577 g/mol. The number of anilines is 1. The molecule has 0 atom stereocenters. The molecule has 4 N–H and O–H groups in total. The molecule has 1 aliphatic rings. The first-order valence-electron chi connectivity index (χ1n) is 12.6. The fourth-order valence-electron chi connectivity index (χ4n) is 4.31. The van der Waals surface area contributed by atoms with E-state index in [-0.39, 0.29) is 51.1 Å². The van der Waals surface area contributed by atoms with Crippen molar-refractivity contribution in [2.45, 2.75) is 31.1 Å². The van der Waals surface area contributed by atoms with E-state index in [1.165, 1.54) is 40.8 Å². The van der Waals surface area contributed by atoms with Gasteiger partial charge in [0.25, 0.3) is 12.0 Å². The Morgan fingerprint density at radius 3 is 2.71 bits per heavy atom. The molecule has 1 aliphatic carbocycles. The number of carbonyl (C=O) groups is 1. The van der Waals surface area contributed by atoms with Crippen molar-refractivity contribution in [3.05, 3.63) is 87.2 Å². The number of halogens is 4. The molecule has 41 heavy (non-hydrogen) atoms. The van der Waals surface area contributed by atoms with Crippen LogP contribution >= 0.6 is 23.5 Å². The summed E-state index contributed by atoms with van der Waals surface area (Å²) in [5.74, 6) is -0.337. The first-order valence-corrected chi connectivity index (χ1v) is 13.8. The second kappa shape index (κ2) is 12.2. The molecule has 0 unspecified atom stereocenters. The summed E-state index contributed by atoms with van der Waals surface area (Å²) in [6, 6.07) is 13.9. The van der Waals surface area contributed by atoms with Gasteiger partial charge in [-0.25, -0.2) is 18.2 Å². The molecule has 1 aromatic heterocycles. The number of nitrogens with two attached hydrogens (primary N) is 1. The van der Waals surface area contributed by atoms with Gasteiger partial charge in [0.1, 0.15) is 17.5 Å². The summed E-state index contributed by atoms with van der Waals surface area (Å²) in [4.78, 5) is 29.8. The van der Waals surface area contributed by atoms with E-state index in [2.05, 4.69) is 20.0 Å². The molecule has 0 spiro atoms. The van der Waals surface area contributed by atoms with Gasteiger partial charge in [-0.2, -0.15) is 4.40 Å². The third kappa shape index (κ3) is 6.18. The van der Waals surface area contributed by atoms with Crippen LogP contribution in [0.3, 0.4) is 0 Å². The van der Waals surface area contributed by atoms with Gasteiger partial charge < -0.3 is 16.4 Å². The Hall–Kier alpha value is -4.03. The third-order valence-corrected chi connectivity index (χ3v) is 7.74. The average molecular weight is 601 g/mol. The zero-order valence-electron chi connectivity index (χ0n) is 21.4. The number of hydrogen-bond donors (Lipinski definition) is 3. The predicted octanol–water partition coefficient (Wildman–Crippen LogP) is 5.28. The topological polar surface area (TPSA) is 114 Å². The largest absolute Gasteiger partial charge is 0.383 e. The number of benzene rings is 3. The number of fused-ring (bicyclic) bond motifs is 1. The SMILES string of the molecule is NC(=NSC1CC1)c1c(Cl)ccc(-n2c(CNC=O)nc3cc(-c4ccccc4F)ccc3c2=O)c1NCC(F)F. The molecule has 0 saturated heterocycles. The van der Waals surface area contributed by atoms with Crippen molar-refractivity contribution < 1.29 is 18.0 Å². The average Bonchev–Trinajstić information content (AvgIpc) is 3.79. The van der Waals surface area contributed by atoms with Crippen LogP contribution in [0.5, 0.6) is 0 Å². The lowest BCUT2D eigenvalue weighted by Gasteiger charge is -2.21. The minimum atomic E-state index is -2.73. The van der Waals surface area contributed by atoms with Crippen LogP contribution in [-0.4, -0.2) is 40.0 Å². The molecule has 5 rings (SSSR count). The second-order valence-corrected chi connectivity index (χ2v) is 10.7. The number of aromatic nitrogens is 2. The summed E-state index contributed by atoms with van der Waals surface area (Å²) in [6.45, 7) is -0.932. The van der Waals surface area contributed by atoms with Crippen molar-refractivity contribution in [2.75, 3.05) is 11.9 Å². The molecule has 1 amide bonds. The van der Waals surface area contributed by atoms with Crippen molar-refractivity contribution in [1.82, 2.24) is 14.9 Å². The molecule has 13 heteroatoms. The van der Waals surface area contributed by atoms with Crippen LogP contribution < -0.4 is 21.9 Å². The monoisotopic (exact) mass is 600 g/mol. The molecular formula is C28H24ClF3N6O2S. The number of carbonyl (C=O) groups excluding carboxylic acids is 1. The highest BCUT2D eigenvalue weighted by Crippen LogP contribution is 2.37. The van der Waals surface area contributed by atoms with Gasteiger partial charge in [0.15, 0.2) is 0 Å². The maximum atomic E-state index is 14.5. The fraction of sp³-hybridized carbons (Fsp3) is 0.214. The maximum absolute atomic E-state index is 14.5. The minimum Gasteiger partial charge on any atom is -0.383 e. The Bertz CT molecular complexity index is 1710. The fourth-order valence-corrected chi connectivity index (χ4v) is 5.26. The smallest absolute Gasteiger partial charge is 0.266 e. The van der Waals surface area contributed by atoms with Gasteiger partial charge in [-0.05, 0) is 60.7 Å². The number of rotatable bonds is 11. The Kier molecular flexibility index (Phi) is 8.50. The van der Waals surface area contributed by atoms with Gasteiger partial charge in [-0.15, -0.1) is 0 Å². The van der Waals surface area contributed by atoms with Crippen molar-refractivity contribution in [3.8, 4) is 16.8 Å². The van der Waals surface area contributed by atoms with Crippen LogP contribution in [-0.2, 0) is 11.3 Å². The summed E-state index contributed by atoms with van der Waals surface area (Å²) in [5, 5.41) is 5.83. The van der Waals surface area contributed by atoms with Gasteiger partial charge in [0.05, 0.1) is 46.0 Å². The molecule has 0 radical (unpaired) electrons. The van der Waals surface area contributed by atoms with Crippen molar-refractivity contribution in [2.24, 2.45) is 10.1 Å². The summed E-state index contributed by atoms with van der Waals surface area (Å²) in [6.07, 6.45) is -0.293. The Balaban J connectivity index is 1.73. The molecule has 0 aliphatic heterocycles. The van der Waals surface area contributed by atoms with E-state index in [0.29, 0.717) is 22.8 Å². The predicted molar refractivity (Wildman–Crippen MR) is 156 cm³/mol. The zero-order chi connectivity index (χ0) is 29.1. The normalized spacial score (nSPS) is 13.5. The lowest BCUT2D eigenvalue weighted by molar-refractivity contribution is -0.109. The van der Waals surface area contributed by atoms with E-state index in [9.17, 15) is 22.8 Å². The van der Waals surface area contributed by atoms with Gasteiger partial charge in [-0.1, -0.05) is 35.9 Å². The summed E-state index contributed by atoms with van der Waals surface area (Å²) < 4.78 is 46.8. The number of amidine groups is 1. The van der Waals surface area contributed by atoms with Gasteiger partial charge in [-0.3, -0.25) is 14.2 Å². The number of hydrogen-bond acceptors (Lipinski definition) is 6. The molecule has 1 saturated carbocycles. The van der Waals surface area contributed by atoms with Gasteiger partial charge >= 0.3 is 0 Å². The lowest BCUT2D eigenvalue weighted by Crippen LogP contribution is -2.29. The van der Waals surface area contributed by atoms with Crippen molar-refractivity contribution in [3.63, 3.8) is 0 Å². The number of nitrogens with zero attached hydrogens (tertiary/aromatic N) is 3. The van der Waals surface area contributed by atoms with E-state index in [0.717, 1.165) is 12.8 Å². The lowest BCUT2D eigenvalue weighted by atomic mass is 10.0. The minimum absolute atomic E-state index is 0.00871. The first kappa shape index (κ1) is 28.5. The number of alkyl halides is 2. The first-order chi connectivity index (χ1) is 19.8. The third-order valence-electron chi connectivity index (χ3n) is 6.35. The van der Waals surface area contributed by atoms with Gasteiger partial charge in [0, 0.05) is 10.8 Å². The highest BCUT2D eigenvalue weighted by Gasteiger charge is 2.25. The number of nitrogens with one attached hydrogen (secondary N) is 2. The zero-order valence-corrected chi connectivity index (χ0v) is 23.0. The molecule has 8 nitrogen and oxygen atoms in total. The molecule has 4 aromatic rings. The van der Waals surface area contributed by atoms with Crippen molar-refractivity contribution in [1.29, 1.82) is 0 Å². The van der Waals surface area contributed by atoms with Crippen LogP contribution in [0.1, 0.15) is 24.2 Å². The van der Waals surface area contributed by atoms with E-state index in [1.807, 2.05) is 0 Å². The highest BCUT2D eigenvalue weighted by molar-refractivity contribution is 7.99. The van der Waals surface area contributed by atoms with E-state index >= 15 is 0 Å². The summed E-state index contributed by atoms with van der Waals surface area (Å²) in [7, 11) is 0. The van der Waals surface area contributed by atoms with Crippen LogP contribution in [0.15, 0.2) is 63.8 Å². The van der Waals surface area contributed by atoms with E-state index in [4.69, 9.17) is 17.3 Å². The van der Waals surface area contributed by atoms with Crippen LogP contribution in [0, 0.1) is 5.82 Å². The molecule has 1 fully saturated rings. The molecule has 3 aromatic carbocycles. The molecule has 212 valence electrons. The molecule has 0 bridgehead atoms.